The maximum Gasteiger partial charge on any atom is 0.119 e. The molecule has 0 radical (unpaired) electrons. The van der Waals surface area contributed by atoms with Crippen LogP contribution in [0.4, 0.5) is 0 Å². The molecule has 0 aliphatic heterocycles. The molecule has 0 aliphatic carbocycles. The van der Waals surface area contributed by atoms with Gasteiger partial charge in [0.05, 0.1) is 6.61 Å². The molecule has 1 N–H and O–H groups in total. The quantitative estimate of drug-likeness (QED) is 0.756. The van der Waals surface area contributed by atoms with Gasteiger partial charge in [-0.2, -0.15) is 0 Å². The van der Waals surface area contributed by atoms with Crippen LogP contribution in [-0.2, 0) is 0 Å². The Bertz CT molecular complexity index is 279. The lowest BCUT2D eigenvalue weighted by Gasteiger charge is -2.14. The van der Waals surface area contributed by atoms with E-state index in [9.17, 15) is 0 Å². The van der Waals surface area contributed by atoms with Crippen LogP contribution in [0, 0.1) is 5.92 Å². The van der Waals surface area contributed by atoms with Gasteiger partial charge in [0.1, 0.15) is 11.5 Å². The summed E-state index contributed by atoms with van der Waals surface area (Å²) in [6.45, 7) is 5.23. The maximum absolute atomic E-state index is 9.12. The van der Waals surface area contributed by atoms with Crippen LogP contribution in [0.25, 0.3) is 0 Å². The molecular formula is C14H22O2. The van der Waals surface area contributed by atoms with E-state index in [0.717, 1.165) is 24.7 Å². The molecule has 1 unspecified atom stereocenters. The van der Waals surface area contributed by atoms with Crippen molar-refractivity contribution in [2.24, 2.45) is 5.92 Å². The van der Waals surface area contributed by atoms with Crippen LogP contribution in [-0.4, -0.2) is 11.7 Å². The average molecular weight is 222 g/mol. The van der Waals surface area contributed by atoms with Crippen molar-refractivity contribution >= 4 is 0 Å². The summed E-state index contributed by atoms with van der Waals surface area (Å²) in [5.41, 5.74) is 0. The first-order chi connectivity index (χ1) is 7.76. The fraction of sp³-hybridized carbons (Fsp3) is 0.571. The third-order valence-corrected chi connectivity index (χ3v) is 2.91. The molecule has 90 valence electrons. The summed E-state index contributed by atoms with van der Waals surface area (Å²) >= 11 is 0. The van der Waals surface area contributed by atoms with Crippen molar-refractivity contribution in [2.75, 3.05) is 6.61 Å². The molecule has 1 aromatic rings. The fourth-order valence-electron chi connectivity index (χ4n) is 1.85. The van der Waals surface area contributed by atoms with Gasteiger partial charge in [0, 0.05) is 0 Å². The molecule has 1 rings (SSSR count). The van der Waals surface area contributed by atoms with E-state index in [1.165, 1.54) is 19.3 Å². The first kappa shape index (κ1) is 12.9. The number of benzene rings is 1. The Kier molecular flexibility index (Phi) is 5.76. The van der Waals surface area contributed by atoms with Crippen LogP contribution in [0.15, 0.2) is 24.3 Å². The standard InChI is InChI=1S/C14H22O2/c1-3-5-12(4-2)10-11-16-14-8-6-13(15)7-9-14/h6-9,12,15H,3-5,10-11H2,1-2H3. The second-order valence-electron chi connectivity index (χ2n) is 4.19. The molecule has 1 atom stereocenters. The van der Waals surface area contributed by atoms with Crippen molar-refractivity contribution in [3.63, 3.8) is 0 Å². The number of phenolic OH excluding ortho intramolecular Hbond substituents is 1. The van der Waals surface area contributed by atoms with Gasteiger partial charge in [0.15, 0.2) is 0 Å². The summed E-state index contributed by atoms with van der Waals surface area (Å²) in [7, 11) is 0. The third kappa shape index (κ3) is 4.56. The van der Waals surface area contributed by atoms with Gasteiger partial charge in [-0.1, -0.05) is 33.1 Å². The highest BCUT2D eigenvalue weighted by atomic mass is 16.5. The summed E-state index contributed by atoms with van der Waals surface area (Å²) < 4.78 is 5.63. The molecule has 0 aromatic heterocycles. The van der Waals surface area contributed by atoms with Crippen molar-refractivity contribution in [1.82, 2.24) is 0 Å². The van der Waals surface area contributed by atoms with Crippen molar-refractivity contribution < 1.29 is 9.84 Å². The highest BCUT2D eigenvalue weighted by Gasteiger charge is 2.05. The van der Waals surface area contributed by atoms with Crippen LogP contribution in [0.3, 0.4) is 0 Å². The fourth-order valence-corrected chi connectivity index (χ4v) is 1.85. The molecule has 0 amide bonds. The van der Waals surface area contributed by atoms with E-state index < -0.39 is 0 Å². The first-order valence-corrected chi connectivity index (χ1v) is 6.18. The number of aromatic hydroxyl groups is 1. The minimum Gasteiger partial charge on any atom is -0.508 e. The first-order valence-electron chi connectivity index (χ1n) is 6.18. The number of ether oxygens (including phenoxy) is 1. The molecule has 0 heterocycles. The van der Waals surface area contributed by atoms with Gasteiger partial charge < -0.3 is 9.84 Å². The topological polar surface area (TPSA) is 29.5 Å². The Morgan fingerprint density at radius 3 is 2.38 bits per heavy atom. The van der Waals surface area contributed by atoms with Crippen molar-refractivity contribution in [1.29, 1.82) is 0 Å². The minimum atomic E-state index is 0.282. The smallest absolute Gasteiger partial charge is 0.119 e. The van der Waals surface area contributed by atoms with Gasteiger partial charge in [-0.05, 0) is 36.6 Å². The minimum absolute atomic E-state index is 0.282. The summed E-state index contributed by atoms with van der Waals surface area (Å²) in [6, 6.07) is 6.91. The number of hydrogen-bond acceptors (Lipinski definition) is 2. The Morgan fingerprint density at radius 2 is 1.81 bits per heavy atom. The Hall–Kier alpha value is -1.18. The van der Waals surface area contributed by atoms with E-state index in [1.54, 1.807) is 24.3 Å². The molecule has 2 heteroatoms. The van der Waals surface area contributed by atoms with Crippen LogP contribution in [0.2, 0.25) is 0 Å². The van der Waals surface area contributed by atoms with Gasteiger partial charge in [-0.15, -0.1) is 0 Å². The molecular weight excluding hydrogens is 200 g/mol. The maximum atomic E-state index is 9.12. The largest absolute Gasteiger partial charge is 0.508 e. The lowest BCUT2D eigenvalue weighted by Crippen LogP contribution is -2.06. The Balaban J connectivity index is 2.26. The van der Waals surface area contributed by atoms with Crippen molar-refractivity contribution in [3.8, 4) is 11.5 Å². The monoisotopic (exact) mass is 222 g/mol. The second-order valence-corrected chi connectivity index (χ2v) is 4.19. The molecule has 1 aromatic carbocycles. The van der Waals surface area contributed by atoms with Crippen LogP contribution >= 0.6 is 0 Å². The van der Waals surface area contributed by atoms with Gasteiger partial charge in [0.2, 0.25) is 0 Å². The summed E-state index contributed by atoms with van der Waals surface area (Å²) in [5.74, 6) is 1.90. The van der Waals surface area contributed by atoms with Gasteiger partial charge in [-0.25, -0.2) is 0 Å². The summed E-state index contributed by atoms with van der Waals surface area (Å²) in [5, 5.41) is 9.12. The molecule has 16 heavy (non-hydrogen) atoms. The third-order valence-electron chi connectivity index (χ3n) is 2.91. The van der Waals surface area contributed by atoms with Crippen molar-refractivity contribution in [3.05, 3.63) is 24.3 Å². The predicted octanol–water partition coefficient (Wildman–Crippen LogP) is 3.99. The zero-order chi connectivity index (χ0) is 11.8. The van der Waals surface area contributed by atoms with Crippen LogP contribution < -0.4 is 4.74 Å². The van der Waals surface area contributed by atoms with Gasteiger partial charge >= 0.3 is 0 Å². The molecule has 0 aliphatic rings. The number of hydrogen-bond donors (Lipinski definition) is 1. The van der Waals surface area contributed by atoms with Gasteiger partial charge in [0.25, 0.3) is 0 Å². The normalized spacial score (nSPS) is 12.4. The molecule has 0 fully saturated rings. The number of rotatable bonds is 7. The lowest BCUT2D eigenvalue weighted by atomic mass is 9.98. The zero-order valence-corrected chi connectivity index (χ0v) is 10.3. The predicted molar refractivity (Wildman–Crippen MR) is 66.9 cm³/mol. The highest BCUT2D eigenvalue weighted by molar-refractivity contribution is 5.29. The zero-order valence-electron chi connectivity index (χ0n) is 10.3. The molecule has 2 nitrogen and oxygen atoms in total. The molecule has 0 spiro atoms. The Morgan fingerprint density at radius 1 is 1.12 bits per heavy atom. The highest BCUT2D eigenvalue weighted by Crippen LogP contribution is 2.18. The second kappa shape index (κ2) is 7.15. The van der Waals surface area contributed by atoms with E-state index in [1.807, 2.05) is 0 Å². The molecule has 0 saturated heterocycles. The molecule has 0 bridgehead atoms. The van der Waals surface area contributed by atoms with E-state index in [0.29, 0.717) is 0 Å². The SMILES string of the molecule is CCCC(CC)CCOc1ccc(O)cc1. The average Bonchev–Trinajstić information content (AvgIpc) is 2.30. The van der Waals surface area contributed by atoms with E-state index >= 15 is 0 Å². The summed E-state index contributed by atoms with van der Waals surface area (Å²) in [4.78, 5) is 0. The summed E-state index contributed by atoms with van der Waals surface area (Å²) in [6.07, 6.45) is 4.88. The van der Waals surface area contributed by atoms with Crippen LogP contribution in [0.5, 0.6) is 11.5 Å². The Labute approximate surface area is 98.3 Å². The van der Waals surface area contributed by atoms with E-state index in [2.05, 4.69) is 13.8 Å². The van der Waals surface area contributed by atoms with Crippen LogP contribution in [0.1, 0.15) is 39.5 Å². The number of phenols is 1. The van der Waals surface area contributed by atoms with Crippen molar-refractivity contribution in [2.45, 2.75) is 39.5 Å². The lowest BCUT2D eigenvalue weighted by molar-refractivity contribution is 0.268. The van der Waals surface area contributed by atoms with E-state index in [-0.39, 0.29) is 5.75 Å². The van der Waals surface area contributed by atoms with Gasteiger partial charge in [-0.3, -0.25) is 0 Å². The van der Waals surface area contributed by atoms with E-state index in [4.69, 9.17) is 9.84 Å². The molecule has 0 saturated carbocycles.